The van der Waals surface area contributed by atoms with Crippen LogP contribution in [0.25, 0.3) is 6.08 Å². The van der Waals surface area contributed by atoms with Crippen LogP contribution in [0.3, 0.4) is 0 Å². The zero-order valence-electron chi connectivity index (χ0n) is 6.75. The lowest BCUT2D eigenvalue weighted by Crippen LogP contribution is -2.07. The van der Waals surface area contributed by atoms with Gasteiger partial charge in [-0.15, -0.1) is 0 Å². The van der Waals surface area contributed by atoms with Gasteiger partial charge in [-0.05, 0) is 12.1 Å². The van der Waals surface area contributed by atoms with E-state index in [9.17, 15) is 4.39 Å². The molecule has 0 spiro atoms. The highest BCUT2D eigenvalue weighted by Gasteiger charge is 2.14. The van der Waals surface area contributed by atoms with Gasteiger partial charge < -0.3 is 4.74 Å². The van der Waals surface area contributed by atoms with Crippen LogP contribution in [0.4, 0.5) is 4.39 Å². The quantitative estimate of drug-likeness (QED) is 0.605. The Morgan fingerprint density at radius 1 is 1.46 bits per heavy atom. The fourth-order valence-corrected chi connectivity index (χ4v) is 1.24. The number of nitrogens with zero attached hydrogens (tertiary/aromatic N) is 1. The molecule has 0 bridgehead atoms. The summed E-state index contributed by atoms with van der Waals surface area (Å²) in [7, 11) is 0. The highest BCUT2D eigenvalue weighted by molar-refractivity contribution is 5.65. The second-order valence-electron chi connectivity index (χ2n) is 2.73. The molecule has 1 aliphatic heterocycles. The normalized spacial score (nSPS) is 13.7. The second kappa shape index (κ2) is 2.91. The van der Waals surface area contributed by atoms with Crippen LogP contribution in [0.1, 0.15) is 5.56 Å². The smallest absolute Gasteiger partial charge is 0.165 e. The van der Waals surface area contributed by atoms with Gasteiger partial charge in [-0.3, -0.25) is 0 Å². The number of hydrogen-bond donors (Lipinski definition) is 0. The monoisotopic (exact) mass is 175 g/mol. The summed E-state index contributed by atoms with van der Waals surface area (Å²) in [6.45, 7) is 0.157. The molecule has 0 radical (unpaired) electrons. The van der Waals surface area contributed by atoms with Gasteiger partial charge in [0, 0.05) is 5.56 Å². The van der Waals surface area contributed by atoms with Gasteiger partial charge in [-0.25, -0.2) is 4.39 Å². The largest absolute Gasteiger partial charge is 0.484 e. The lowest BCUT2D eigenvalue weighted by Gasteiger charge is -2.14. The zero-order chi connectivity index (χ0) is 9.26. The van der Waals surface area contributed by atoms with Crippen LogP contribution in [0.15, 0.2) is 23.8 Å². The van der Waals surface area contributed by atoms with E-state index in [1.807, 2.05) is 6.07 Å². The highest BCUT2D eigenvalue weighted by atomic mass is 19.1. The number of fused-ring (bicyclic) bond motifs is 1. The van der Waals surface area contributed by atoms with Crippen LogP contribution in [0.5, 0.6) is 5.75 Å². The number of ether oxygens (including phenoxy) is 1. The van der Waals surface area contributed by atoms with Gasteiger partial charge in [0.2, 0.25) is 0 Å². The van der Waals surface area contributed by atoms with E-state index in [4.69, 9.17) is 10.00 Å². The van der Waals surface area contributed by atoms with Gasteiger partial charge >= 0.3 is 0 Å². The molecular formula is C10H6FNO. The third-order valence-electron chi connectivity index (χ3n) is 1.84. The first kappa shape index (κ1) is 7.81. The van der Waals surface area contributed by atoms with Crippen molar-refractivity contribution in [3.05, 3.63) is 35.2 Å². The van der Waals surface area contributed by atoms with Crippen molar-refractivity contribution < 1.29 is 9.13 Å². The summed E-state index contributed by atoms with van der Waals surface area (Å²) in [4.78, 5) is 0. The molecule has 1 aliphatic rings. The Balaban J connectivity index is 2.55. The number of halogens is 1. The van der Waals surface area contributed by atoms with E-state index in [-0.39, 0.29) is 18.2 Å². The lowest BCUT2D eigenvalue weighted by atomic mass is 10.1. The highest BCUT2D eigenvalue weighted by Crippen LogP contribution is 2.28. The Hall–Kier alpha value is -1.82. The van der Waals surface area contributed by atoms with Crippen molar-refractivity contribution >= 4 is 6.08 Å². The third kappa shape index (κ3) is 1.27. The van der Waals surface area contributed by atoms with Gasteiger partial charge in [0.25, 0.3) is 0 Å². The molecule has 0 amide bonds. The summed E-state index contributed by atoms with van der Waals surface area (Å²) in [5.74, 6) is -0.146. The average Bonchev–Trinajstić information content (AvgIpc) is 2.18. The molecule has 2 rings (SSSR count). The minimum Gasteiger partial charge on any atom is -0.484 e. The average molecular weight is 175 g/mol. The third-order valence-corrected chi connectivity index (χ3v) is 1.84. The maximum absolute atomic E-state index is 13.1. The van der Waals surface area contributed by atoms with Crippen molar-refractivity contribution in [3.8, 4) is 11.8 Å². The van der Waals surface area contributed by atoms with E-state index in [0.717, 1.165) is 0 Å². The predicted octanol–water partition coefficient (Wildman–Crippen LogP) is 2.13. The Morgan fingerprint density at radius 3 is 3.08 bits per heavy atom. The minimum atomic E-state index is -0.384. The second-order valence-corrected chi connectivity index (χ2v) is 2.73. The molecule has 3 heteroatoms. The number of nitriles is 1. The van der Waals surface area contributed by atoms with Crippen LogP contribution in [0.2, 0.25) is 0 Å². The molecule has 0 aliphatic carbocycles. The summed E-state index contributed by atoms with van der Waals surface area (Å²) in [5.41, 5.74) is 1.14. The molecule has 0 saturated heterocycles. The minimum absolute atomic E-state index is 0.157. The first-order valence-electron chi connectivity index (χ1n) is 3.83. The zero-order valence-corrected chi connectivity index (χ0v) is 6.75. The SMILES string of the molecule is N#CC1=Cc2cccc(F)c2OC1. The first-order chi connectivity index (χ1) is 6.31. The van der Waals surface area contributed by atoms with Crippen LogP contribution < -0.4 is 4.74 Å². The Bertz CT molecular complexity index is 417. The molecule has 0 fully saturated rings. The number of rotatable bonds is 0. The van der Waals surface area contributed by atoms with Crippen LogP contribution >= 0.6 is 0 Å². The summed E-state index contributed by atoms with van der Waals surface area (Å²) in [6, 6.07) is 6.62. The summed E-state index contributed by atoms with van der Waals surface area (Å²) >= 11 is 0. The van der Waals surface area contributed by atoms with Crippen LogP contribution in [-0.2, 0) is 0 Å². The van der Waals surface area contributed by atoms with Gasteiger partial charge in [-0.2, -0.15) is 5.26 Å². The number of benzene rings is 1. The van der Waals surface area contributed by atoms with Gasteiger partial charge in [0.1, 0.15) is 6.61 Å². The van der Waals surface area contributed by atoms with Crippen LogP contribution in [0, 0.1) is 17.1 Å². The maximum atomic E-state index is 13.1. The molecule has 0 atom stereocenters. The van der Waals surface area contributed by atoms with Crippen molar-refractivity contribution in [1.82, 2.24) is 0 Å². The fraction of sp³-hybridized carbons (Fsp3) is 0.100. The molecule has 0 saturated carbocycles. The van der Waals surface area contributed by atoms with E-state index in [0.29, 0.717) is 11.1 Å². The van der Waals surface area contributed by atoms with E-state index in [1.54, 1.807) is 18.2 Å². The molecule has 0 aromatic heterocycles. The molecule has 0 unspecified atom stereocenters. The van der Waals surface area contributed by atoms with Crippen molar-refractivity contribution in [2.45, 2.75) is 0 Å². The molecule has 1 aromatic carbocycles. The summed E-state index contributed by atoms with van der Waals surface area (Å²) in [6.07, 6.45) is 1.64. The van der Waals surface area contributed by atoms with Crippen molar-refractivity contribution in [2.75, 3.05) is 6.61 Å². The van der Waals surface area contributed by atoms with Crippen molar-refractivity contribution in [1.29, 1.82) is 5.26 Å². The Kier molecular flexibility index (Phi) is 1.75. The molecular weight excluding hydrogens is 169 g/mol. The summed E-state index contributed by atoms with van der Waals surface area (Å²) in [5, 5.41) is 8.59. The van der Waals surface area contributed by atoms with Crippen molar-refractivity contribution in [2.24, 2.45) is 0 Å². The van der Waals surface area contributed by atoms with E-state index < -0.39 is 0 Å². The van der Waals surface area contributed by atoms with Gasteiger partial charge in [0.15, 0.2) is 11.6 Å². The maximum Gasteiger partial charge on any atom is 0.165 e. The van der Waals surface area contributed by atoms with E-state index in [2.05, 4.69) is 0 Å². The molecule has 1 heterocycles. The number of hydrogen-bond acceptors (Lipinski definition) is 2. The molecule has 0 N–H and O–H groups in total. The predicted molar refractivity (Wildman–Crippen MR) is 45.5 cm³/mol. The first-order valence-corrected chi connectivity index (χ1v) is 3.83. The molecule has 1 aromatic rings. The van der Waals surface area contributed by atoms with E-state index in [1.165, 1.54) is 6.07 Å². The van der Waals surface area contributed by atoms with Crippen molar-refractivity contribution in [3.63, 3.8) is 0 Å². The molecule has 64 valence electrons. The molecule has 13 heavy (non-hydrogen) atoms. The lowest BCUT2D eigenvalue weighted by molar-refractivity contribution is 0.331. The fourth-order valence-electron chi connectivity index (χ4n) is 1.24. The standard InChI is InChI=1S/C10H6FNO/c11-9-3-1-2-8-4-7(5-12)6-13-10(8)9/h1-4H,6H2. The van der Waals surface area contributed by atoms with Crippen LogP contribution in [-0.4, -0.2) is 6.61 Å². The molecule has 2 nitrogen and oxygen atoms in total. The topological polar surface area (TPSA) is 33.0 Å². The summed E-state index contributed by atoms with van der Waals surface area (Å²) < 4.78 is 18.2. The van der Waals surface area contributed by atoms with Gasteiger partial charge in [0.05, 0.1) is 11.6 Å². The van der Waals surface area contributed by atoms with Gasteiger partial charge in [-0.1, -0.05) is 12.1 Å². The number of para-hydroxylation sites is 1. The van der Waals surface area contributed by atoms with E-state index >= 15 is 0 Å². The Morgan fingerprint density at radius 2 is 2.31 bits per heavy atom. The Labute approximate surface area is 74.9 Å².